The van der Waals surface area contributed by atoms with Gasteiger partial charge in [0.2, 0.25) is 0 Å². The Kier molecular flexibility index (Phi) is 8.40. The zero-order valence-corrected chi connectivity index (χ0v) is 25.0. The van der Waals surface area contributed by atoms with Crippen LogP contribution in [-0.2, 0) is 22.7 Å². The molecule has 0 bridgehead atoms. The molecule has 0 heterocycles. The fraction of sp³-hybridized carbons (Fsp3) is 0.111. The Bertz CT molecular complexity index is 1600. The normalized spacial score (nSPS) is 12.9. The Morgan fingerprint density at radius 2 is 0.800 bits per heavy atom. The second-order valence-corrected chi connectivity index (χ2v) is 11.4. The van der Waals surface area contributed by atoms with Crippen molar-refractivity contribution in [2.45, 2.75) is 25.4 Å². The van der Waals surface area contributed by atoms with E-state index in [1.165, 1.54) is 21.5 Å². The molecule has 2 nitrogen and oxygen atoms in total. The van der Waals surface area contributed by atoms with E-state index in [9.17, 15) is 0 Å². The maximum atomic E-state index is 6.78. The van der Waals surface area contributed by atoms with Crippen LogP contribution in [-0.4, -0.2) is 0 Å². The molecule has 2 atom stereocenters. The minimum Gasteiger partial charge on any atom is -0.366 e. The molecule has 0 aliphatic carbocycles. The molecule has 0 amide bonds. The molecule has 0 aromatic heterocycles. The van der Waals surface area contributed by atoms with Crippen LogP contribution < -0.4 is 0 Å². The third-order valence-corrected chi connectivity index (χ3v) is 9.13. The minimum absolute atomic E-state index is 0.318. The quantitative estimate of drug-likeness (QED) is 0.155. The number of rotatable bonds is 9. The van der Waals surface area contributed by atoms with E-state index in [4.69, 9.17) is 9.47 Å². The highest BCUT2D eigenvalue weighted by Gasteiger charge is 2.27. The van der Waals surface area contributed by atoms with Crippen molar-refractivity contribution < 1.29 is 9.47 Å². The second-order valence-electron chi connectivity index (χ2n) is 9.80. The van der Waals surface area contributed by atoms with Crippen LogP contribution in [0, 0.1) is 0 Å². The Labute approximate surface area is 251 Å². The first kappa shape index (κ1) is 26.9. The highest BCUT2D eigenvalue weighted by molar-refractivity contribution is 9.11. The van der Waals surface area contributed by atoms with Crippen molar-refractivity contribution >= 4 is 53.4 Å². The Morgan fingerprint density at radius 3 is 1.23 bits per heavy atom. The zero-order chi connectivity index (χ0) is 27.3. The molecule has 0 saturated carbocycles. The van der Waals surface area contributed by atoms with E-state index in [-0.39, 0.29) is 12.2 Å². The summed E-state index contributed by atoms with van der Waals surface area (Å²) in [6.07, 6.45) is -0.637. The van der Waals surface area contributed by atoms with Gasteiger partial charge in [0.05, 0.1) is 13.2 Å². The molecular weight excluding hydrogens is 624 g/mol. The largest absolute Gasteiger partial charge is 0.366 e. The van der Waals surface area contributed by atoms with Gasteiger partial charge in [0.1, 0.15) is 12.2 Å². The molecule has 198 valence electrons. The number of ether oxygens (including phenoxy) is 2. The standard InChI is InChI=1S/C36H28Br2O2/c37-33-29(21-19-25-11-7-9-17-31(25)33)23-39-35(27-13-3-1-4-14-27)36(28-15-5-2-6-16-28)40-24-30-22-20-26-12-8-10-18-32(26)34(30)38/h1-22,35-36H,23-24H2/t35-,36-/m1/s1. The summed E-state index contributed by atoms with van der Waals surface area (Å²) < 4.78 is 15.7. The molecular formula is C36H28Br2O2. The molecule has 6 aromatic carbocycles. The van der Waals surface area contributed by atoms with Crippen LogP contribution in [0.25, 0.3) is 21.5 Å². The third-order valence-electron chi connectivity index (χ3n) is 7.25. The summed E-state index contributed by atoms with van der Waals surface area (Å²) in [5, 5.41) is 4.75. The smallest absolute Gasteiger partial charge is 0.113 e. The van der Waals surface area contributed by atoms with E-state index < -0.39 is 0 Å². The fourth-order valence-corrected chi connectivity index (χ4v) is 6.36. The lowest BCUT2D eigenvalue weighted by atomic mass is 9.97. The Balaban J connectivity index is 1.34. The summed E-state index contributed by atoms with van der Waals surface area (Å²) in [4.78, 5) is 0. The molecule has 0 aliphatic rings. The van der Waals surface area contributed by atoms with Crippen molar-refractivity contribution in [2.75, 3.05) is 0 Å². The molecule has 0 spiro atoms. The molecule has 0 saturated heterocycles. The van der Waals surface area contributed by atoms with Crippen LogP contribution in [0.2, 0.25) is 0 Å². The molecule has 0 N–H and O–H groups in total. The van der Waals surface area contributed by atoms with E-state index in [2.05, 4.69) is 153 Å². The Morgan fingerprint density at radius 1 is 0.425 bits per heavy atom. The average molecular weight is 652 g/mol. The molecule has 0 radical (unpaired) electrons. The minimum atomic E-state index is -0.318. The molecule has 0 aliphatic heterocycles. The molecule has 0 unspecified atom stereocenters. The van der Waals surface area contributed by atoms with Crippen molar-refractivity contribution in [1.82, 2.24) is 0 Å². The van der Waals surface area contributed by atoms with Crippen LogP contribution >= 0.6 is 31.9 Å². The molecule has 6 rings (SSSR count). The van der Waals surface area contributed by atoms with E-state index in [0.29, 0.717) is 13.2 Å². The van der Waals surface area contributed by atoms with Crippen LogP contribution in [0.5, 0.6) is 0 Å². The summed E-state index contributed by atoms with van der Waals surface area (Å²) in [5.41, 5.74) is 4.35. The van der Waals surface area contributed by atoms with Gasteiger partial charge in [-0.05, 0) is 75.7 Å². The zero-order valence-electron chi connectivity index (χ0n) is 21.8. The average Bonchev–Trinajstić information content (AvgIpc) is 3.02. The summed E-state index contributed by atoms with van der Waals surface area (Å²) in [6.45, 7) is 0.884. The summed E-state index contributed by atoms with van der Waals surface area (Å²) >= 11 is 7.69. The maximum Gasteiger partial charge on any atom is 0.113 e. The van der Waals surface area contributed by atoms with E-state index in [1.807, 2.05) is 12.1 Å². The third kappa shape index (κ3) is 5.77. The van der Waals surface area contributed by atoms with Gasteiger partial charge in [0.15, 0.2) is 0 Å². The number of benzene rings is 6. The van der Waals surface area contributed by atoms with Crippen molar-refractivity contribution in [3.8, 4) is 0 Å². The first-order valence-corrected chi connectivity index (χ1v) is 14.9. The van der Waals surface area contributed by atoms with Crippen molar-refractivity contribution in [3.05, 3.63) is 165 Å². The SMILES string of the molecule is Brc1c(CO[C@H](c2ccccc2)[C@H](OCc2ccc3ccccc3c2Br)c2ccccc2)ccc2ccccc12. The molecule has 0 fully saturated rings. The number of hydrogen-bond acceptors (Lipinski definition) is 2. The lowest BCUT2D eigenvalue weighted by Crippen LogP contribution is -2.18. The van der Waals surface area contributed by atoms with Gasteiger partial charge < -0.3 is 9.47 Å². The van der Waals surface area contributed by atoms with Crippen LogP contribution in [0.1, 0.15) is 34.5 Å². The van der Waals surface area contributed by atoms with Gasteiger partial charge in [-0.2, -0.15) is 0 Å². The molecule has 6 aromatic rings. The predicted molar refractivity (Wildman–Crippen MR) is 171 cm³/mol. The fourth-order valence-electron chi connectivity index (χ4n) is 5.14. The van der Waals surface area contributed by atoms with Gasteiger partial charge in [-0.25, -0.2) is 0 Å². The Hall–Kier alpha value is -3.28. The topological polar surface area (TPSA) is 18.5 Å². The van der Waals surface area contributed by atoms with Gasteiger partial charge in [0.25, 0.3) is 0 Å². The number of fused-ring (bicyclic) bond motifs is 2. The van der Waals surface area contributed by atoms with E-state index >= 15 is 0 Å². The van der Waals surface area contributed by atoms with Crippen LogP contribution in [0.15, 0.2) is 142 Å². The summed E-state index contributed by atoms with van der Waals surface area (Å²) in [5.74, 6) is 0. The predicted octanol–water partition coefficient (Wildman–Crippen LogP) is 10.7. The monoisotopic (exact) mass is 650 g/mol. The van der Waals surface area contributed by atoms with Crippen LogP contribution in [0.3, 0.4) is 0 Å². The summed E-state index contributed by atoms with van der Waals surface area (Å²) in [6, 6.07) is 46.1. The maximum absolute atomic E-state index is 6.78. The summed E-state index contributed by atoms with van der Waals surface area (Å²) in [7, 11) is 0. The van der Waals surface area contributed by atoms with Crippen molar-refractivity contribution in [3.63, 3.8) is 0 Å². The lowest BCUT2D eigenvalue weighted by molar-refractivity contribution is -0.0910. The molecule has 4 heteroatoms. The van der Waals surface area contributed by atoms with Gasteiger partial charge in [0, 0.05) is 8.95 Å². The first-order valence-electron chi connectivity index (χ1n) is 13.3. The number of hydrogen-bond donors (Lipinski definition) is 0. The molecule has 40 heavy (non-hydrogen) atoms. The van der Waals surface area contributed by atoms with Crippen molar-refractivity contribution in [1.29, 1.82) is 0 Å². The lowest BCUT2D eigenvalue weighted by Gasteiger charge is -2.29. The van der Waals surface area contributed by atoms with Gasteiger partial charge in [-0.3, -0.25) is 0 Å². The van der Waals surface area contributed by atoms with Gasteiger partial charge in [-0.15, -0.1) is 0 Å². The first-order chi connectivity index (χ1) is 19.7. The van der Waals surface area contributed by atoms with Gasteiger partial charge >= 0.3 is 0 Å². The highest BCUT2D eigenvalue weighted by atomic mass is 79.9. The number of halogens is 2. The van der Waals surface area contributed by atoms with E-state index in [0.717, 1.165) is 31.2 Å². The van der Waals surface area contributed by atoms with E-state index in [1.54, 1.807) is 0 Å². The van der Waals surface area contributed by atoms with Crippen molar-refractivity contribution in [2.24, 2.45) is 0 Å². The second kappa shape index (κ2) is 12.5. The highest BCUT2D eigenvalue weighted by Crippen LogP contribution is 2.39. The van der Waals surface area contributed by atoms with Gasteiger partial charge in [-0.1, -0.05) is 133 Å². The van der Waals surface area contributed by atoms with Crippen LogP contribution in [0.4, 0.5) is 0 Å².